The predicted molar refractivity (Wildman–Crippen MR) is 119 cm³/mol. The number of hydrogen-bond donors (Lipinski definition) is 1. The summed E-state index contributed by atoms with van der Waals surface area (Å²) in [6, 6.07) is 23.5. The molecule has 4 nitrogen and oxygen atoms in total. The number of benzene rings is 3. The number of fused-ring (bicyclic) bond motifs is 2. The molecule has 1 amide bonds. The highest BCUT2D eigenvalue weighted by Gasteiger charge is 2.49. The van der Waals surface area contributed by atoms with E-state index in [1.807, 2.05) is 18.2 Å². The van der Waals surface area contributed by atoms with Crippen LogP contribution in [0.5, 0.6) is 0 Å². The number of hydrogen-bond acceptors (Lipinski definition) is 2. The Labute approximate surface area is 175 Å². The lowest BCUT2D eigenvalue weighted by molar-refractivity contribution is -0.0392. The Kier molecular flexibility index (Phi) is 3.81. The molecule has 2 aliphatic rings. The van der Waals surface area contributed by atoms with Crippen molar-refractivity contribution in [2.75, 3.05) is 13.2 Å². The number of nitrogens with zero attached hydrogens (tertiary/aromatic N) is 1. The van der Waals surface area contributed by atoms with Crippen LogP contribution < -0.4 is 5.73 Å². The van der Waals surface area contributed by atoms with Crippen molar-refractivity contribution in [3.8, 4) is 0 Å². The van der Waals surface area contributed by atoms with Gasteiger partial charge in [0.25, 0.3) is 0 Å². The standard InChI is InChI=1S/C26H24N2O2/c27-25(29)20-9-8-19-13-24(28(23(19)12-20)14-17-15-30-16-17)26(10-11-26)22-7-3-5-18-4-1-2-6-21(18)22/h1-9,12-13,17H,10-11,14-16H2,(H2,27,29). The van der Waals surface area contributed by atoms with E-state index in [-0.39, 0.29) is 11.3 Å². The summed E-state index contributed by atoms with van der Waals surface area (Å²) in [7, 11) is 0. The van der Waals surface area contributed by atoms with Crippen LogP contribution in [0, 0.1) is 5.92 Å². The molecule has 2 fully saturated rings. The van der Waals surface area contributed by atoms with Crippen molar-refractivity contribution in [2.24, 2.45) is 11.7 Å². The lowest BCUT2D eigenvalue weighted by Crippen LogP contribution is -2.32. The second kappa shape index (κ2) is 6.44. The highest BCUT2D eigenvalue weighted by atomic mass is 16.5. The zero-order valence-electron chi connectivity index (χ0n) is 16.8. The summed E-state index contributed by atoms with van der Waals surface area (Å²) >= 11 is 0. The molecular weight excluding hydrogens is 372 g/mol. The zero-order chi connectivity index (χ0) is 20.3. The van der Waals surface area contributed by atoms with E-state index < -0.39 is 0 Å². The van der Waals surface area contributed by atoms with Crippen molar-refractivity contribution in [3.63, 3.8) is 0 Å². The van der Waals surface area contributed by atoms with Gasteiger partial charge >= 0.3 is 0 Å². The monoisotopic (exact) mass is 396 g/mol. The van der Waals surface area contributed by atoms with Gasteiger partial charge in [0.2, 0.25) is 5.91 Å². The van der Waals surface area contributed by atoms with Gasteiger partial charge in [-0.25, -0.2) is 0 Å². The first-order valence-corrected chi connectivity index (χ1v) is 10.7. The molecule has 1 saturated heterocycles. The fourth-order valence-electron chi connectivity index (χ4n) is 5.08. The van der Waals surface area contributed by atoms with E-state index in [1.54, 1.807) is 0 Å². The fourth-order valence-corrected chi connectivity index (χ4v) is 5.08. The number of ether oxygens (including phenoxy) is 1. The summed E-state index contributed by atoms with van der Waals surface area (Å²) in [6.45, 7) is 2.51. The zero-order valence-corrected chi connectivity index (χ0v) is 16.8. The number of amides is 1. The van der Waals surface area contributed by atoms with E-state index in [2.05, 4.69) is 53.1 Å². The number of carbonyl (C=O) groups is 1. The fraction of sp³-hybridized carbons (Fsp3) is 0.269. The van der Waals surface area contributed by atoms with Gasteiger partial charge in [0.1, 0.15) is 0 Å². The highest BCUT2D eigenvalue weighted by molar-refractivity contribution is 5.97. The van der Waals surface area contributed by atoms with Crippen molar-refractivity contribution in [2.45, 2.75) is 24.8 Å². The Morgan fingerprint density at radius 3 is 2.53 bits per heavy atom. The molecule has 3 aromatic carbocycles. The summed E-state index contributed by atoms with van der Waals surface area (Å²) in [5.41, 5.74) is 10.0. The first kappa shape index (κ1) is 17.7. The van der Waals surface area contributed by atoms with Crippen LogP contribution in [0.2, 0.25) is 0 Å². The summed E-state index contributed by atoms with van der Waals surface area (Å²) in [5, 5.41) is 3.79. The second-order valence-corrected chi connectivity index (χ2v) is 8.79. The second-order valence-electron chi connectivity index (χ2n) is 8.79. The molecule has 4 aromatic rings. The summed E-state index contributed by atoms with van der Waals surface area (Å²) < 4.78 is 7.89. The topological polar surface area (TPSA) is 57.2 Å². The van der Waals surface area contributed by atoms with Crippen LogP contribution in [0.15, 0.2) is 66.7 Å². The first-order valence-electron chi connectivity index (χ1n) is 10.7. The molecular formula is C26H24N2O2. The Morgan fingerprint density at radius 2 is 1.80 bits per heavy atom. The third-order valence-electron chi connectivity index (χ3n) is 6.88. The summed E-state index contributed by atoms with van der Waals surface area (Å²) in [5.74, 6) is 0.133. The number of nitrogens with two attached hydrogens (primary N) is 1. The smallest absolute Gasteiger partial charge is 0.248 e. The van der Waals surface area contributed by atoms with Gasteiger partial charge in [-0.15, -0.1) is 0 Å². The molecule has 1 aliphatic heterocycles. The van der Waals surface area contributed by atoms with Crippen LogP contribution in [0.1, 0.15) is 34.5 Å². The molecule has 6 rings (SSSR count). The maximum absolute atomic E-state index is 11.8. The van der Waals surface area contributed by atoms with Crippen molar-refractivity contribution < 1.29 is 9.53 Å². The van der Waals surface area contributed by atoms with E-state index >= 15 is 0 Å². The SMILES string of the molecule is NC(=O)c1ccc2cc(C3(c4cccc5ccccc45)CC3)n(CC3COC3)c2c1. The maximum Gasteiger partial charge on any atom is 0.248 e. The van der Waals surface area contributed by atoms with Gasteiger partial charge in [-0.3, -0.25) is 4.79 Å². The number of aromatic nitrogens is 1. The van der Waals surface area contributed by atoms with Gasteiger partial charge in [-0.05, 0) is 52.8 Å². The Hall–Kier alpha value is -3.11. The van der Waals surface area contributed by atoms with Gasteiger partial charge in [0.15, 0.2) is 0 Å². The molecule has 150 valence electrons. The van der Waals surface area contributed by atoms with Crippen molar-refractivity contribution in [1.29, 1.82) is 0 Å². The van der Waals surface area contributed by atoms with E-state index in [0.717, 1.165) is 38.1 Å². The Bertz CT molecular complexity index is 1290. The number of rotatable bonds is 5. The van der Waals surface area contributed by atoms with Crippen LogP contribution in [-0.2, 0) is 16.7 Å². The van der Waals surface area contributed by atoms with Gasteiger partial charge in [0.05, 0.1) is 13.2 Å². The Morgan fingerprint density at radius 1 is 1.00 bits per heavy atom. The third-order valence-corrected chi connectivity index (χ3v) is 6.88. The molecule has 2 heterocycles. The van der Waals surface area contributed by atoms with Crippen LogP contribution in [0.4, 0.5) is 0 Å². The van der Waals surface area contributed by atoms with E-state index in [1.165, 1.54) is 27.4 Å². The molecule has 30 heavy (non-hydrogen) atoms. The minimum absolute atomic E-state index is 0.0252. The molecule has 0 bridgehead atoms. The van der Waals surface area contributed by atoms with Gasteiger partial charge in [-0.2, -0.15) is 0 Å². The van der Waals surface area contributed by atoms with E-state index in [0.29, 0.717) is 11.5 Å². The quantitative estimate of drug-likeness (QED) is 0.535. The molecule has 1 aromatic heterocycles. The van der Waals surface area contributed by atoms with Crippen molar-refractivity contribution in [3.05, 3.63) is 83.6 Å². The van der Waals surface area contributed by atoms with Crippen LogP contribution in [-0.4, -0.2) is 23.7 Å². The molecule has 1 aliphatic carbocycles. The normalized spacial score (nSPS) is 17.9. The Balaban J connectivity index is 1.57. The third kappa shape index (κ3) is 2.60. The number of carbonyl (C=O) groups excluding carboxylic acids is 1. The molecule has 1 saturated carbocycles. The predicted octanol–water partition coefficient (Wildman–Crippen LogP) is 4.62. The molecule has 0 radical (unpaired) electrons. The average Bonchev–Trinajstić information content (AvgIpc) is 3.45. The minimum atomic E-state index is -0.381. The summed E-state index contributed by atoms with van der Waals surface area (Å²) in [6.07, 6.45) is 2.28. The van der Waals surface area contributed by atoms with Crippen molar-refractivity contribution >= 4 is 27.6 Å². The molecule has 4 heteroatoms. The summed E-state index contributed by atoms with van der Waals surface area (Å²) in [4.78, 5) is 11.8. The van der Waals surface area contributed by atoms with Gasteiger partial charge in [0, 0.05) is 34.7 Å². The largest absolute Gasteiger partial charge is 0.381 e. The number of primary amides is 1. The van der Waals surface area contributed by atoms with Gasteiger partial charge < -0.3 is 15.0 Å². The van der Waals surface area contributed by atoms with Crippen LogP contribution in [0.3, 0.4) is 0 Å². The van der Waals surface area contributed by atoms with Crippen LogP contribution >= 0.6 is 0 Å². The van der Waals surface area contributed by atoms with E-state index in [9.17, 15) is 4.79 Å². The molecule has 0 spiro atoms. The first-order chi connectivity index (χ1) is 14.7. The van der Waals surface area contributed by atoms with Crippen molar-refractivity contribution in [1.82, 2.24) is 4.57 Å². The average molecular weight is 396 g/mol. The van der Waals surface area contributed by atoms with E-state index in [4.69, 9.17) is 10.5 Å². The lowest BCUT2D eigenvalue weighted by Gasteiger charge is -2.29. The molecule has 0 unspecified atom stereocenters. The van der Waals surface area contributed by atoms with Crippen LogP contribution in [0.25, 0.3) is 21.7 Å². The lowest BCUT2D eigenvalue weighted by atomic mass is 9.88. The highest BCUT2D eigenvalue weighted by Crippen LogP contribution is 2.56. The minimum Gasteiger partial charge on any atom is -0.381 e. The maximum atomic E-state index is 11.8. The molecule has 0 atom stereocenters. The molecule has 2 N–H and O–H groups in total. The van der Waals surface area contributed by atoms with Gasteiger partial charge in [-0.1, -0.05) is 48.5 Å².